The van der Waals surface area contributed by atoms with E-state index in [0.717, 1.165) is 25.0 Å². The van der Waals surface area contributed by atoms with Gasteiger partial charge in [-0.3, -0.25) is 0 Å². The van der Waals surface area contributed by atoms with E-state index in [9.17, 15) is 5.11 Å². The van der Waals surface area contributed by atoms with Gasteiger partial charge in [0.05, 0.1) is 17.7 Å². The highest BCUT2D eigenvalue weighted by Crippen LogP contribution is 2.42. The summed E-state index contributed by atoms with van der Waals surface area (Å²) >= 11 is 6.11. The van der Waals surface area contributed by atoms with E-state index in [0.29, 0.717) is 23.1 Å². The van der Waals surface area contributed by atoms with E-state index in [1.54, 1.807) is 12.1 Å². The number of hydrogen-bond donors (Lipinski definition) is 1. The Labute approximate surface area is 110 Å². The molecule has 0 spiro atoms. The lowest BCUT2D eigenvalue weighted by Crippen LogP contribution is -2.23. The van der Waals surface area contributed by atoms with E-state index in [1.807, 2.05) is 0 Å². The van der Waals surface area contributed by atoms with Gasteiger partial charge in [0.15, 0.2) is 11.5 Å². The van der Waals surface area contributed by atoms with Gasteiger partial charge in [-0.15, -0.1) is 0 Å². The first-order valence-electron chi connectivity index (χ1n) is 6.10. The Morgan fingerprint density at radius 2 is 2.22 bits per heavy atom. The lowest BCUT2D eigenvalue weighted by molar-refractivity contribution is -0.0100. The molecule has 0 saturated carbocycles. The Kier molecular flexibility index (Phi) is 3.33. The van der Waals surface area contributed by atoms with Crippen molar-refractivity contribution < 1.29 is 19.3 Å². The average molecular weight is 271 g/mol. The van der Waals surface area contributed by atoms with Crippen LogP contribution in [0.2, 0.25) is 5.02 Å². The lowest BCUT2D eigenvalue weighted by Gasteiger charge is -2.27. The van der Waals surface area contributed by atoms with Crippen molar-refractivity contribution in [3.63, 3.8) is 0 Å². The van der Waals surface area contributed by atoms with Crippen molar-refractivity contribution >= 4 is 11.6 Å². The quantitative estimate of drug-likeness (QED) is 0.897. The highest BCUT2D eigenvalue weighted by Gasteiger charge is 2.27. The first-order chi connectivity index (χ1) is 8.75. The van der Waals surface area contributed by atoms with Gasteiger partial charge >= 0.3 is 0 Å². The number of rotatable bonds is 2. The van der Waals surface area contributed by atoms with Crippen molar-refractivity contribution in [2.24, 2.45) is 5.92 Å². The summed E-state index contributed by atoms with van der Waals surface area (Å²) in [5.74, 6) is 1.29. The van der Waals surface area contributed by atoms with Gasteiger partial charge in [0.2, 0.25) is 6.79 Å². The summed E-state index contributed by atoms with van der Waals surface area (Å²) in [5, 5.41) is 10.8. The first-order valence-corrected chi connectivity index (χ1v) is 6.48. The van der Waals surface area contributed by atoms with Gasteiger partial charge in [-0.2, -0.15) is 0 Å². The summed E-state index contributed by atoms with van der Waals surface area (Å²) in [6.45, 7) is 1.56. The molecular weight excluding hydrogens is 256 g/mol. The molecule has 4 nitrogen and oxygen atoms in total. The molecule has 2 heterocycles. The highest BCUT2D eigenvalue weighted by molar-refractivity contribution is 6.32. The maximum atomic E-state index is 10.4. The van der Waals surface area contributed by atoms with Crippen molar-refractivity contribution in [1.82, 2.24) is 0 Å². The Bertz CT molecular complexity index is 443. The number of ether oxygens (including phenoxy) is 3. The molecule has 1 aromatic rings. The monoisotopic (exact) mass is 270 g/mol. The normalized spacial score (nSPS) is 24.0. The molecule has 0 bridgehead atoms. The van der Waals surface area contributed by atoms with Crippen molar-refractivity contribution in [3.8, 4) is 11.5 Å². The number of hydrogen-bond acceptors (Lipinski definition) is 4. The van der Waals surface area contributed by atoms with Crippen LogP contribution in [0.15, 0.2) is 12.1 Å². The maximum absolute atomic E-state index is 10.4. The topological polar surface area (TPSA) is 47.9 Å². The van der Waals surface area contributed by atoms with Crippen molar-refractivity contribution in [2.75, 3.05) is 20.0 Å². The van der Waals surface area contributed by atoms with Gasteiger partial charge in [0, 0.05) is 12.5 Å². The first kappa shape index (κ1) is 12.1. The summed E-state index contributed by atoms with van der Waals surface area (Å²) in [4.78, 5) is 0. The van der Waals surface area contributed by atoms with Crippen LogP contribution in [0.5, 0.6) is 11.5 Å². The van der Waals surface area contributed by atoms with Crippen LogP contribution in [0, 0.1) is 5.92 Å². The molecule has 2 unspecified atom stereocenters. The fourth-order valence-electron chi connectivity index (χ4n) is 2.44. The molecule has 0 aromatic heterocycles. The molecule has 98 valence electrons. The van der Waals surface area contributed by atoms with Gasteiger partial charge in [-0.25, -0.2) is 0 Å². The Hall–Kier alpha value is -0.970. The van der Waals surface area contributed by atoms with Crippen LogP contribution in [0.1, 0.15) is 24.5 Å². The van der Waals surface area contributed by atoms with E-state index in [2.05, 4.69) is 0 Å². The Morgan fingerprint density at radius 1 is 1.33 bits per heavy atom. The zero-order valence-corrected chi connectivity index (χ0v) is 10.7. The van der Waals surface area contributed by atoms with Crippen LogP contribution in [-0.2, 0) is 4.74 Å². The SMILES string of the molecule is OC(c1cc(Cl)c2c(c1)OCO2)C1CCCOC1. The molecular formula is C13H15ClO4. The van der Waals surface area contributed by atoms with E-state index in [-0.39, 0.29) is 12.7 Å². The molecule has 1 fully saturated rings. The molecule has 2 atom stereocenters. The molecule has 1 N–H and O–H groups in total. The van der Waals surface area contributed by atoms with E-state index >= 15 is 0 Å². The molecule has 2 aliphatic rings. The summed E-state index contributed by atoms with van der Waals surface area (Å²) in [7, 11) is 0. The second kappa shape index (κ2) is 4.96. The van der Waals surface area contributed by atoms with Crippen LogP contribution >= 0.6 is 11.6 Å². The molecule has 1 aromatic carbocycles. The van der Waals surface area contributed by atoms with Crippen LogP contribution in [0.4, 0.5) is 0 Å². The number of aliphatic hydroxyl groups is 1. The van der Waals surface area contributed by atoms with Crippen molar-refractivity contribution in [3.05, 3.63) is 22.7 Å². The summed E-state index contributed by atoms with van der Waals surface area (Å²) in [6, 6.07) is 3.54. The number of halogens is 1. The number of aliphatic hydroxyl groups excluding tert-OH is 1. The largest absolute Gasteiger partial charge is 0.454 e. The minimum Gasteiger partial charge on any atom is -0.454 e. The smallest absolute Gasteiger partial charge is 0.231 e. The van der Waals surface area contributed by atoms with E-state index in [1.165, 1.54) is 0 Å². The summed E-state index contributed by atoms with van der Waals surface area (Å²) in [6.07, 6.45) is 1.38. The van der Waals surface area contributed by atoms with Crippen LogP contribution in [-0.4, -0.2) is 25.1 Å². The predicted octanol–water partition coefficient (Wildman–Crippen LogP) is 2.53. The van der Waals surface area contributed by atoms with Gasteiger partial charge in [0.25, 0.3) is 0 Å². The molecule has 1 saturated heterocycles. The van der Waals surface area contributed by atoms with Crippen molar-refractivity contribution in [1.29, 1.82) is 0 Å². The third-order valence-electron chi connectivity index (χ3n) is 3.43. The molecule has 3 rings (SSSR count). The van der Waals surface area contributed by atoms with Crippen molar-refractivity contribution in [2.45, 2.75) is 18.9 Å². The summed E-state index contributed by atoms with van der Waals surface area (Å²) in [5.41, 5.74) is 0.764. The fraction of sp³-hybridized carbons (Fsp3) is 0.538. The van der Waals surface area contributed by atoms with Crippen LogP contribution in [0.25, 0.3) is 0 Å². The number of benzene rings is 1. The molecule has 0 aliphatic carbocycles. The zero-order valence-electron chi connectivity index (χ0n) is 9.89. The van der Waals surface area contributed by atoms with Gasteiger partial charge in [0.1, 0.15) is 0 Å². The van der Waals surface area contributed by atoms with Crippen LogP contribution < -0.4 is 9.47 Å². The van der Waals surface area contributed by atoms with Gasteiger partial charge in [-0.1, -0.05) is 11.6 Å². The van der Waals surface area contributed by atoms with Gasteiger partial charge in [-0.05, 0) is 30.5 Å². The van der Waals surface area contributed by atoms with E-state index in [4.69, 9.17) is 25.8 Å². The maximum Gasteiger partial charge on any atom is 0.231 e. The molecule has 5 heteroatoms. The van der Waals surface area contributed by atoms with E-state index < -0.39 is 6.10 Å². The molecule has 2 aliphatic heterocycles. The second-order valence-electron chi connectivity index (χ2n) is 4.66. The zero-order chi connectivity index (χ0) is 12.5. The van der Waals surface area contributed by atoms with Gasteiger partial charge < -0.3 is 19.3 Å². The second-order valence-corrected chi connectivity index (χ2v) is 5.07. The minimum absolute atomic E-state index is 0.121. The molecule has 0 amide bonds. The third-order valence-corrected chi connectivity index (χ3v) is 3.71. The summed E-state index contributed by atoms with van der Waals surface area (Å²) < 4.78 is 16.0. The molecule has 18 heavy (non-hydrogen) atoms. The standard InChI is InChI=1S/C13H15ClO4/c14-10-4-9(5-11-13(10)18-7-17-11)12(15)8-2-1-3-16-6-8/h4-5,8,12,15H,1-3,6-7H2. The Balaban J connectivity index is 1.85. The Morgan fingerprint density at radius 3 is 3.00 bits per heavy atom. The fourth-order valence-corrected chi connectivity index (χ4v) is 2.72. The molecule has 0 radical (unpaired) electrons. The lowest BCUT2D eigenvalue weighted by atomic mass is 9.91. The van der Waals surface area contributed by atoms with Crippen LogP contribution in [0.3, 0.4) is 0 Å². The predicted molar refractivity (Wildman–Crippen MR) is 66.1 cm³/mol. The third kappa shape index (κ3) is 2.16. The highest BCUT2D eigenvalue weighted by atomic mass is 35.5. The number of fused-ring (bicyclic) bond motifs is 1. The minimum atomic E-state index is -0.572. The average Bonchev–Trinajstić information content (AvgIpc) is 2.88.